The van der Waals surface area contributed by atoms with E-state index in [0.717, 1.165) is 30.4 Å². The number of nitrogens with zero attached hydrogens (tertiary/aromatic N) is 3. The summed E-state index contributed by atoms with van der Waals surface area (Å²) in [7, 11) is 0. The Balaban J connectivity index is 1.57. The molecule has 0 bridgehead atoms. The Hall–Kier alpha value is -1.86. The van der Waals surface area contributed by atoms with Gasteiger partial charge >= 0.3 is 0 Å². The summed E-state index contributed by atoms with van der Waals surface area (Å²) in [6.45, 7) is 4.23. The summed E-state index contributed by atoms with van der Waals surface area (Å²) in [6.07, 6.45) is 3.94. The topological polar surface area (TPSA) is 58.1 Å². The zero-order chi connectivity index (χ0) is 18.5. The van der Waals surface area contributed by atoms with E-state index in [0.29, 0.717) is 11.6 Å². The van der Waals surface area contributed by atoms with E-state index in [1.807, 2.05) is 6.07 Å². The number of amides is 1. The van der Waals surface area contributed by atoms with Crippen molar-refractivity contribution in [2.24, 2.45) is 5.92 Å². The second kappa shape index (κ2) is 8.68. The zero-order valence-electron chi connectivity index (χ0n) is 14.4. The quantitative estimate of drug-likeness (QED) is 0.607. The van der Waals surface area contributed by atoms with Crippen LogP contribution in [0.2, 0.25) is 5.02 Å². The van der Waals surface area contributed by atoms with Crippen LogP contribution >= 0.6 is 23.4 Å². The van der Waals surface area contributed by atoms with Crippen LogP contribution in [0.1, 0.15) is 19.8 Å². The lowest BCUT2D eigenvalue weighted by Gasteiger charge is -2.31. The first kappa shape index (κ1) is 18.9. The van der Waals surface area contributed by atoms with Gasteiger partial charge in [-0.15, -0.1) is 0 Å². The molecule has 5 nitrogen and oxygen atoms in total. The summed E-state index contributed by atoms with van der Waals surface area (Å²) < 4.78 is 13.1. The fraction of sp³-hybridized carbons (Fsp3) is 0.389. The van der Waals surface area contributed by atoms with Gasteiger partial charge in [0.25, 0.3) is 0 Å². The summed E-state index contributed by atoms with van der Waals surface area (Å²) >= 11 is 7.25. The minimum Gasteiger partial charge on any atom is -0.356 e. The first-order valence-electron chi connectivity index (χ1n) is 8.46. The number of carbonyl (C=O) groups excluding carboxylic acids is 1. The van der Waals surface area contributed by atoms with Crippen LogP contribution in [0, 0.1) is 11.7 Å². The van der Waals surface area contributed by atoms with E-state index in [-0.39, 0.29) is 16.7 Å². The molecule has 26 heavy (non-hydrogen) atoms. The Morgan fingerprint density at radius 3 is 3.04 bits per heavy atom. The molecule has 0 spiro atoms. The van der Waals surface area contributed by atoms with Crippen LogP contribution in [0.3, 0.4) is 0 Å². The van der Waals surface area contributed by atoms with E-state index < -0.39 is 5.82 Å². The third-order valence-electron chi connectivity index (χ3n) is 4.16. The Kier molecular flexibility index (Phi) is 6.32. The smallest absolute Gasteiger partial charge is 0.234 e. The number of piperidine rings is 1. The number of thioether (sulfide) groups is 1. The lowest BCUT2D eigenvalue weighted by atomic mass is 10.0. The number of aromatic nitrogens is 2. The van der Waals surface area contributed by atoms with Crippen molar-refractivity contribution in [3.05, 3.63) is 41.4 Å². The SMILES string of the molecule is C[C@@H]1CCCN(c2cc(SCC(=O)Nc3ccc(F)cc3Cl)ncn2)C1. The number of rotatable bonds is 5. The second-order valence-electron chi connectivity index (χ2n) is 6.37. The predicted octanol–water partition coefficient (Wildman–Crippen LogP) is 4.24. The van der Waals surface area contributed by atoms with Crippen LogP contribution in [-0.4, -0.2) is 34.7 Å². The molecule has 0 unspecified atom stereocenters. The largest absolute Gasteiger partial charge is 0.356 e. The first-order chi connectivity index (χ1) is 12.5. The zero-order valence-corrected chi connectivity index (χ0v) is 16.0. The number of hydrogen-bond acceptors (Lipinski definition) is 5. The molecule has 1 aromatic carbocycles. The molecule has 1 fully saturated rings. The molecular weight excluding hydrogens is 375 g/mol. The van der Waals surface area contributed by atoms with E-state index in [4.69, 9.17) is 11.6 Å². The summed E-state index contributed by atoms with van der Waals surface area (Å²) in [6, 6.07) is 5.78. The van der Waals surface area contributed by atoms with Crippen molar-refractivity contribution in [3.8, 4) is 0 Å². The maximum Gasteiger partial charge on any atom is 0.234 e. The van der Waals surface area contributed by atoms with Gasteiger partial charge < -0.3 is 10.2 Å². The fourth-order valence-corrected chi connectivity index (χ4v) is 3.77. The second-order valence-corrected chi connectivity index (χ2v) is 7.77. The number of anilines is 2. The molecule has 0 radical (unpaired) electrons. The van der Waals surface area contributed by atoms with E-state index >= 15 is 0 Å². The molecule has 1 aromatic heterocycles. The van der Waals surface area contributed by atoms with E-state index in [2.05, 4.69) is 27.1 Å². The standard InChI is InChI=1S/C18H20ClFN4OS/c1-12-3-2-6-24(9-12)16-8-18(22-11-21-16)26-10-17(25)23-15-5-4-13(20)7-14(15)19/h4-5,7-8,11-12H,2-3,6,9-10H2,1H3,(H,23,25)/t12-/m1/s1. The molecule has 138 valence electrons. The van der Waals surface area contributed by atoms with Crippen LogP contribution in [-0.2, 0) is 4.79 Å². The van der Waals surface area contributed by atoms with Crippen molar-refractivity contribution in [2.75, 3.05) is 29.1 Å². The average molecular weight is 395 g/mol. The third-order valence-corrected chi connectivity index (χ3v) is 5.40. The van der Waals surface area contributed by atoms with Gasteiger partial charge in [-0.1, -0.05) is 30.3 Å². The summed E-state index contributed by atoms with van der Waals surface area (Å²) in [4.78, 5) is 23.0. The van der Waals surface area contributed by atoms with Crippen molar-refractivity contribution in [3.63, 3.8) is 0 Å². The Labute approximate surface area is 161 Å². The molecule has 2 aromatic rings. The van der Waals surface area contributed by atoms with Crippen LogP contribution in [0.5, 0.6) is 0 Å². The van der Waals surface area contributed by atoms with Gasteiger partial charge in [-0.3, -0.25) is 4.79 Å². The van der Waals surface area contributed by atoms with E-state index in [9.17, 15) is 9.18 Å². The van der Waals surface area contributed by atoms with Gasteiger partial charge in [-0.05, 0) is 37.0 Å². The number of benzene rings is 1. The highest BCUT2D eigenvalue weighted by Gasteiger charge is 2.18. The molecule has 1 aliphatic rings. The monoisotopic (exact) mass is 394 g/mol. The summed E-state index contributed by atoms with van der Waals surface area (Å²) in [5.74, 6) is 1.07. The highest BCUT2D eigenvalue weighted by molar-refractivity contribution is 7.99. The van der Waals surface area contributed by atoms with E-state index in [1.54, 1.807) is 0 Å². The maximum atomic E-state index is 13.1. The minimum absolute atomic E-state index is 0.173. The fourth-order valence-electron chi connectivity index (χ4n) is 2.90. The normalized spacial score (nSPS) is 17.2. The van der Waals surface area contributed by atoms with Crippen LogP contribution in [0.15, 0.2) is 35.6 Å². The Bertz CT molecular complexity index is 792. The lowest BCUT2D eigenvalue weighted by Crippen LogP contribution is -2.34. The van der Waals surface area contributed by atoms with Gasteiger partial charge in [0.15, 0.2) is 0 Å². The molecule has 3 rings (SSSR count). The molecule has 2 heterocycles. The molecule has 0 aliphatic carbocycles. The lowest BCUT2D eigenvalue weighted by molar-refractivity contribution is -0.113. The van der Waals surface area contributed by atoms with Gasteiger partial charge in [0.05, 0.1) is 16.5 Å². The molecule has 1 aliphatic heterocycles. The summed E-state index contributed by atoms with van der Waals surface area (Å²) in [5, 5.41) is 3.60. The van der Waals surface area contributed by atoms with Crippen molar-refractivity contribution in [1.82, 2.24) is 9.97 Å². The molecule has 8 heteroatoms. The maximum absolute atomic E-state index is 13.1. The van der Waals surface area contributed by atoms with Crippen molar-refractivity contribution < 1.29 is 9.18 Å². The number of nitrogens with one attached hydrogen (secondary N) is 1. The van der Waals surface area contributed by atoms with Gasteiger partial charge in [-0.25, -0.2) is 14.4 Å². The third kappa shape index (κ3) is 5.08. The molecule has 0 saturated carbocycles. The van der Waals surface area contributed by atoms with Gasteiger partial charge in [0.1, 0.15) is 23.0 Å². The Morgan fingerprint density at radius 1 is 1.42 bits per heavy atom. The number of halogens is 2. The predicted molar refractivity (Wildman–Crippen MR) is 103 cm³/mol. The molecular formula is C18H20ClFN4OS. The van der Waals surface area contributed by atoms with Crippen molar-refractivity contribution in [2.45, 2.75) is 24.8 Å². The molecule has 1 saturated heterocycles. The number of hydrogen-bond donors (Lipinski definition) is 1. The molecule has 1 atom stereocenters. The van der Waals surface area contributed by atoms with Crippen LogP contribution in [0.4, 0.5) is 15.9 Å². The molecule has 1 N–H and O–H groups in total. The highest BCUT2D eigenvalue weighted by atomic mass is 35.5. The van der Waals surface area contributed by atoms with Gasteiger partial charge in [0.2, 0.25) is 5.91 Å². The van der Waals surface area contributed by atoms with Crippen molar-refractivity contribution >= 4 is 40.8 Å². The van der Waals surface area contributed by atoms with Crippen LogP contribution in [0.25, 0.3) is 0 Å². The average Bonchev–Trinajstić information content (AvgIpc) is 2.63. The highest BCUT2D eigenvalue weighted by Crippen LogP contribution is 2.25. The van der Waals surface area contributed by atoms with Crippen molar-refractivity contribution in [1.29, 1.82) is 0 Å². The van der Waals surface area contributed by atoms with Gasteiger partial charge in [-0.2, -0.15) is 0 Å². The van der Waals surface area contributed by atoms with E-state index in [1.165, 1.54) is 42.7 Å². The number of carbonyl (C=O) groups is 1. The first-order valence-corrected chi connectivity index (χ1v) is 9.82. The summed E-state index contributed by atoms with van der Waals surface area (Å²) in [5.41, 5.74) is 0.393. The molecule has 1 amide bonds. The van der Waals surface area contributed by atoms with Gasteiger partial charge in [0, 0.05) is 19.2 Å². The minimum atomic E-state index is -0.442. The van der Waals surface area contributed by atoms with Crippen LogP contribution < -0.4 is 10.2 Å². The Morgan fingerprint density at radius 2 is 2.27 bits per heavy atom.